The van der Waals surface area contributed by atoms with E-state index in [1.807, 2.05) is 24.7 Å². The van der Waals surface area contributed by atoms with Gasteiger partial charge in [-0.25, -0.2) is 0 Å². The molecule has 0 fully saturated rings. The molecule has 0 aliphatic heterocycles. The van der Waals surface area contributed by atoms with Crippen molar-refractivity contribution in [1.82, 2.24) is 9.97 Å². The molecule has 2 heterocycles. The van der Waals surface area contributed by atoms with Gasteiger partial charge < -0.3 is 15.8 Å². The molecule has 0 radical (unpaired) electrons. The molecule has 0 saturated carbocycles. The van der Waals surface area contributed by atoms with E-state index in [0.29, 0.717) is 24.7 Å². The molecule has 5 nitrogen and oxygen atoms in total. The van der Waals surface area contributed by atoms with E-state index in [1.165, 1.54) is 0 Å². The number of nitrogens with two attached hydrogens (primary N) is 1. The smallest absolute Gasteiger partial charge is 0.239 e. The Morgan fingerprint density at radius 3 is 3.06 bits per heavy atom. The number of nitrogen functional groups attached to an aromatic ring is 1. The molecule has 0 amide bonds. The van der Waals surface area contributed by atoms with E-state index < -0.39 is 0 Å². The fraction of sp³-hybridized carbons (Fsp3) is 0.333. The van der Waals surface area contributed by atoms with Crippen molar-refractivity contribution in [1.29, 1.82) is 0 Å². The number of thiazole rings is 1. The molecule has 0 aromatic carbocycles. The van der Waals surface area contributed by atoms with Crippen molar-refractivity contribution in [3.63, 3.8) is 0 Å². The number of hydrogen-bond acceptors (Lipinski definition) is 6. The van der Waals surface area contributed by atoms with E-state index >= 15 is 0 Å². The lowest BCUT2D eigenvalue weighted by atomic mass is 10.4. The maximum Gasteiger partial charge on any atom is 0.239 e. The first-order valence-electron chi connectivity index (χ1n) is 5.80. The Balaban J connectivity index is 2.00. The molecule has 0 atom stereocenters. The van der Waals surface area contributed by atoms with Crippen molar-refractivity contribution in [2.24, 2.45) is 0 Å². The fourth-order valence-electron chi connectivity index (χ4n) is 1.37. The van der Waals surface area contributed by atoms with Crippen molar-refractivity contribution in [3.8, 4) is 5.88 Å². The van der Waals surface area contributed by atoms with Gasteiger partial charge in [-0.1, -0.05) is 6.92 Å². The summed E-state index contributed by atoms with van der Waals surface area (Å²) in [6, 6.07) is 3.64. The normalized spacial score (nSPS) is 10.3. The van der Waals surface area contributed by atoms with Crippen molar-refractivity contribution in [2.45, 2.75) is 19.9 Å². The van der Waals surface area contributed by atoms with Gasteiger partial charge >= 0.3 is 0 Å². The van der Waals surface area contributed by atoms with E-state index in [9.17, 15) is 0 Å². The number of ether oxygens (including phenoxy) is 1. The van der Waals surface area contributed by atoms with Gasteiger partial charge in [0.15, 0.2) is 0 Å². The van der Waals surface area contributed by atoms with E-state index in [-0.39, 0.29) is 0 Å². The van der Waals surface area contributed by atoms with Crippen LogP contribution in [0, 0.1) is 0 Å². The maximum atomic E-state index is 5.80. The summed E-state index contributed by atoms with van der Waals surface area (Å²) in [4.78, 5) is 9.51. The molecule has 2 aromatic rings. The molecule has 0 aliphatic rings. The van der Waals surface area contributed by atoms with Crippen LogP contribution in [0.5, 0.6) is 5.88 Å². The third-order valence-corrected chi connectivity index (χ3v) is 3.04. The van der Waals surface area contributed by atoms with Crippen LogP contribution in [-0.4, -0.2) is 16.6 Å². The first-order valence-corrected chi connectivity index (χ1v) is 6.68. The van der Waals surface area contributed by atoms with Crippen LogP contribution in [0.4, 0.5) is 11.5 Å². The van der Waals surface area contributed by atoms with Crippen molar-refractivity contribution in [3.05, 3.63) is 28.7 Å². The summed E-state index contributed by atoms with van der Waals surface area (Å²) >= 11 is 1.61. The minimum Gasteiger partial charge on any atom is -0.476 e. The van der Waals surface area contributed by atoms with E-state index in [0.717, 1.165) is 17.1 Å². The van der Waals surface area contributed by atoms with Crippen molar-refractivity contribution >= 4 is 22.8 Å². The van der Waals surface area contributed by atoms with Gasteiger partial charge in [-0.15, -0.1) is 11.3 Å². The summed E-state index contributed by atoms with van der Waals surface area (Å²) < 4.78 is 5.48. The largest absolute Gasteiger partial charge is 0.476 e. The molecule has 18 heavy (non-hydrogen) atoms. The second-order valence-corrected chi connectivity index (χ2v) is 4.73. The summed E-state index contributed by atoms with van der Waals surface area (Å²) in [5.41, 5.74) is 8.17. The average molecular weight is 264 g/mol. The molecule has 0 aliphatic carbocycles. The second kappa shape index (κ2) is 6.20. The van der Waals surface area contributed by atoms with Gasteiger partial charge in [0.1, 0.15) is 5.82 Å². The number of hydrogen-bond donors (Lipinski definition) is 2. The molecular formula is C12H16N4OS. The third kappa shape index (κ3) is 3.33. The minimum absolute atomic E-state index is 0.492. The number of nitrogens with zero attached hydrogens (tertiary/aromatic N) is 2. The number of pyridine rings is 1. The zero-order valence-electron chi connectivity index (χ0n) is 10.2. The summed E-state index contributed by atoms with van der Waals surface area (Å²) in [5, 5.41) is 3.21. The fourth-order valence-corrected chi connectivity index (χ4v) is 1.91. The minimum atomic E-state index is 0.492. The zero-order chi connectivity index (χ0) is 12.8. The molecule has 96 valence electrons. The Labute approximate surface area is 110 Å². The highest BCUT2D eigenvalue weighted by atomic mass is 32.1. The Morgan fingerprint density at radius 2 is 2.33 bits per heavy atom. The van der Waals surface area contributed by atoms with E-state index in [4.69, 9.17) is 10.5 Å². The van der Waals surface area contributed by atoms with Crippen LogP contribution in [0.2, 0.25) is 0 Å². The lowest BCUT2D eigenvalue weighted by Gasteiger charge is -2.09. The van der Waals surface area contributed by atoms with Crippen LogP contribution in [0.25, 0.3) is 0 Å². The number of anilines is 2. The van der Waals surface area contributed by atoms with Crippen molar-refractivity contribution in [2.75, 3.05) is 17.7 Å². The highest BCUT2D eigenvalue weighted by Gasteiger charge is 2.04. The van der Waals surface area contributed by atoms with Crippen LogP contribution in [-0.2, 0) is 6.54 Å². The Bertz CT molecular complexity index is 487. The van der Waals surface area contributed by atoms with Crippen LogP contribution in [0.15, 0.2) is 23.8 Å². The molecule has 0 saturated heterocycles. The lowest BCUT2D eigenvalue weighted by Crippen LogP contribution is -2.05. The van der Waals surface area contributed by atoms with Crippen LogP contribution in [0.1, 0.15) is 18.2 Å². The molecule has 0 spiro atoms. The van der Waals surface area contributed by atoms with Crippen LogP contribution < -0.4 is 15.8 Å². The van der Waals surface area contributed by atoms with Gasteiger partial charge in [0, 0.05) is 11.1 Å². The van der Waals surface area contributed by atoms with E-state index in [2.05, 4.69) is 15.3 Å². The first kappa shape index (κ1) is 12.6. The number of nitrogens with one attached hydrogen (secondary N) is 1. The topological polar surface area (TPSA) is 73.1 Å². The van der Waals surface area contributed by atoms with Gasteiger partial charge in [-0.2, -0.15) is 4.98 Å². The Kier molecular flexibility index (Phi) is 4.35. The number of rotatable bonds is 6. The van der Waals surface area contributed by atoms with E-state index in [1.54, 1.807) is 17.4 Å². The SMILES string of the molecule is CCCOc1nc(NCc2cncs2)ccc1N. The van der Waals surface area contributed by atoms with Crippen LogP contribution in [0.3, 0.4) is 0 Å². The molecule has 0 bridgehead atoms. The summed E-state index contributed by atoms with van der Waals surface area (Å²) in [6.45, 7) is 3.37. The van der Waals surface area contributed by atoms with Gasteiger partial charge in [0.05, 0.1) is 24.3 Å². The molecule has 3 N–H and O–H groups in total. The quantitative estimate of drug-likeness (QED) is 0.838. The summed E-state index contributed by atoms with van der Waals surface area (Å²) in [6.07, 6.45) is 2.77. The molecule has 6 heteroatoms. The Morgan fingerprint density at radius 1 is 1.44 bits per heavy atom. The van der Waals surface area contributed by atoms with Gasteiger partial charge in [-0.05, 0) is 18.6 Å². The predicted molar refractivity (Wildman–Crippen MR) is 73.9 cm³/mol. The predicted octanol–water partition coefficient (Wildman–Crippen LogP) is 2.52. The first-order chi connectivity index (χ1) is 8.79. The van der Waals surface area contributed by atoms with Crippen molar-refractivity contribution < 1.29 is 4.74 Å². The molecule has 0 unspecified atom stereocenters. The highest BCUT2D eigenvalue weighted by molar-refractivity contribution is 7.09. The molecule has 2 aromatic heterocycles. The van der Waals surface area contributed by atoms with Crippen LogP contribution >= 0.6 is 11.3 Å². The monoisotopic (exact) mass is 264 g/mol. The summed E-state index contributed by atoms with van der Waals surface area (Å²) in [7, 11) is 0. The van der Waals surface area contributed by atoms with Gasteiger partial charge in [0.2, 0.25) is 5.88 Å². The summed E-state index contributed by atoms with van der Waals surface area (Å²) in [5.74, 6) is 1.25. The number of aromatic nitrogens is 2. The third-order valence-electron chi connectivity index (χ3n) is 2.26. The zero-order valence-corrected chi connectivity index (χ0v) is 11.0. The maximum absolute atomic E-state index is 5.80. The average Bonchev–Trinajstić information content (AvgIpc) is 2.89. The highest BCUT2D eigenvalue weighted by Crippen LogP contribution is 2.21. The standard InChI is InChI=1S/C12H16N4OS/c1-2-5-17-12-10(13)3-4-11(16-12)15-7-9-6-14-8-18-9/h3-4,6,8H,2,5,7,13H2,1H3,(H,15,16). The van der Waals surface area contributed by atoms with Gasteiger partial charge in [-0.3, -0.25) is 4.98 Å². The van der Waals surface area contributed by atoms with Gasteiger partial charge in [0.25, 0.3) is 0 Å². The Hall–Kier alpha value is -1.82. The second-order valence-electron chi connectivity index (χ2n) is 3.76. The lowest BCUT2D eigenvalue weighted by molar-refractivity contribution is 0.307. The molecule has 2 rings (SSSR count). The molecular weight excluding hydrogens is 248 g/mol.